The van der Waals surface area contributed by atoms with Crippen molar-refractivity contribution in [1.29, 1.82) is 0 Å². The van der Waals surface area contributed by atoms with Gasteiger partial charge in [0.25, 0.3) is 11.8 Å². The molecular formula is C10H15NO3. The molecule has 0 aromatic heterocycles. The zero-order valence-electron chi connectivity index (χ0n) is 8.96. The van der Waals surface area contributed by atoms with E-state index >= 15 is 0 Å². The van der Waals surface area contributed by atoms with Gasteiger partial charge in [0.2, 0.25) is 0 Å². The molecule has 1 aliphatic rings. The molecule has 0 spiro atoms. The van der Waals surface area contributed by atoms with Gasteiger partial charge in [0.1, 0.15) is 0 Å². The number of hydrogen-bond donors (Lipinski definition) is 0. The SMILES string of the molecule is COCC(C)(C)N1C(=O)C=C(C)C1=O. The standard InChI is InChI=1S/C10H15NO3/c1-7-5-8(12)11(9(7)13)10(2,3)6-14-4/h5H,6H2,1-4H3. The Bertz CT molecular complexity index is 304. The molecule has 4 nitrogen and oxygen atoms in total. The van der Waals surface area contributed by atoms with Crippen LogP contribution in [0.2, 0.25) is 0 Å². The van der Waals surface area contributed by atoms with Crippen molar-refractivity contribution in [2.24, 2.45) is 0 Å². The fourth-order valence-electron chi connectivity index (χ4n) is 1.58. The van der Waals surface area contributed by atoms with Gasteiger partial charge in [-0.1, -0.05) is 0 Å². The molecule has 0 bridgehead atoms. The van der Waals surface area contributed by atoms with E-state index in [-0.39, 0.29) is 11.8 Å². The van der Waals surface area contributed by atoms with Gasteiger partial charge in [-0.2, -0.15) is 0 Å². The van der Waals surface area contributed by atoms with E-state index in [4.69, 9.17) is 4.74 Å². The summed E-state index contributed by atoms with van der Waals surface area (Å²) in [5.74, 6) is -0.480. The summed E-state index contributed by atoms with van der Waals surface area (Å²) < 4.78 is 4.98. The highest BCUT2D eigenvalue weighted by Gasteiger charge is 2.39. The van der Waals surface area contributed by atoms with Crippen molar-refractivity contribution in [2.45, 2.75) is 26.3 Å². The molecule has 0 atom stereocenters. The summed E-state index contributed by atoms with van der Waals surface area (Å²) in [7, 11) is 1.55. The molecule has 78 valence electrons. The van der Waals surface area contributed by atoms with E-state index in [0.717, 1.165) is 0 Å². The van der Waals surface area contributed by atoms with Gasteiger partial charge in [0.05, 0.1) is 12.1 Å². The molecule has 1 heterocycles. The van der Waals surface area contributed by atoms with Gasteiger partial charge in [-0.05, 0) is 20.8 Å². The van der Waals surface area contributed by atoms with E-state index in [0.29, 0.717) is 12.2 Å². The lowest BCUT2D eigenvalue weighted by molar-refractivity contribution is -0.145. The second-order valence-electron chi connectivity index (χ2n) is 4.05. The number of imide groups is 1. The van der Waals surface area contributed by atoms with E-state index in [1.165, 1.54) is 11.0 Å². The van der Waals surface area contributed by atoms with Crippen LogP contribution in [-0.4, -0.2) is 36.0 Å². The predicted octanol–water partition coefficient (Wildman–Crippen LogP) is 0.727. The minimum atomic E-state index is -0.586. The molecular weight excluding hydrogens is 182 g/mol. The summed E-state index contributed by atoms with van der Waals surface area (Å²) in [6.45, 7) is 5.59. The van der Waals surface area contributed by atoms with Crippen LogP contribution in [0.5, 0.6) is 0 Å². The number of methoxy groups -OCH3 is 1. The fraction of sp³-hybridized carbons (Fsp3) is 0.600. The van der Waals surface area contributed by atoms with Gasteiger partial charge in [-0.15, -0.1) is 0 Å². The normalized spacial score (nSPS) is 17.7. The lowest BCUT2D eigenvalue weighted by Gasteiger charge is -2.33. The predicted molar refractivity (Wildman–Crippen MR) is 51.6 cm³/mol. The maximum absolute atomic E-state index is 11.6. The van der Waals surface area contributed by atoms with Crippen LogP contribution >= 0.6 is 0 Å². The van der Waals surface area contributed by atoms with Crippen molar-refractivity contribution in [3.63, 3.8) is 0 Å². The van der Waals surface area contributed by atoms with E-state index in [9.17, 15) is 9.59 Å². The van der Waals surface area contributed by atoms with Crippen molar-refractivity contribution in [1.82, 2.24) is 4.90 Å². The zero-order valence-corrected chi connectivity index (χ0v) is 8.96. The third-order valence-corrected chi connectivity index (χ3v) is 2.20. The van der Waals surface area contributed by atoms with Gasteiger partial charge in [-0.3, -0.25) is 14.5 Å². The molecule has 0 radical (unpaired) electrons. The van der Waals surface area contributed by atoms with E-state index in [1.54, 1.807) is 27.9 Å². The van der Waals surface area contributed by atoms with Gasteiger partial charge >= 0.3 is 0 Å². The van der Waals surface area contributed by atoms with Gasteiger partial charge < -0.3 is 4.74 Å². The second-order valence-corrected chi connectivity index (χ2v) is 4.05. The van der Waals surface area contributed by atoms with Gasteiger partial charge in [0.15, 0.2) is 0 Å². The van der Waals surface area contributed by atoms with Crippen molar-refractivity contribution in [2.75, 3.05) is 13.7 Å². The summed E-state index contributed by atoms with van der Waals surface area (Å²) in [5, 5.41) is 0. The van der Waals surface area contributed by atoms with Crippen LogP contribution in [0.3, 0.4) is 0 Å². The molecule has 2 amide bonds. The maximum Gasteiger partial charge on any atom is 0.257 e. The summed E-state index contributed by atoms with van der Waals surface area (Å²) in [5.41, 5.74) is -0.101. The molecule has 0 saturated heterocycles. The highest BCUT2D eigenvalue weighted by molar-refractivity contribution is 6.16. The Morgan fingerprint density at radius 3 is 2.36 bits per heavy atom. The second kappa shape index (κ2) is 3.53. The lowest BCUT2D eigenvalue weighted by Crippen LogP contribution is -2.50. The molecule has 0 N–H and O–H groups in total. The maximum atomic E-state index is 11.6. The number of carbonyl (C=O) groups excluding carboxylic acids is 2. The number of hydrogen-bond acceptors (Lipinski definition) is 3. The first-order valence-corrected chi connectivity index (χ1v) is 4.46. The fourth-order valence-corrected chi connectivity index (χ4v) is 1.58. The highest BCUT2D eigenvalue weighted by atomic mass is 16.5. The van der Waals surface area contributed by atoms with Crippen molar-refractivity contribution < 1.29 is 14.3 Å². The molecule has 0 unspecified atom stereocenters. The number of amides is 2. The van der Waals surface area contributed by atoms with Gasteiger partial charge in [0, 0.05) is 18.8 Å². The summed E-state index contributed by atoms with van der Waals surface area (Å²) >= 11 is 0. The van der Waals surface area contributed by atoms with Gasteiger partial charge in [-0.25, -0.2) is 0 Å². The number of carbonyl (C=O) groups is 2. The minimum Gasteiger partial charge on any atom is -0.382 e. The number of nitrogens with zero attached hydrogens (tertiary/aromatic N) is 1. The lowest BCUT2D eigenvalue weighted by atomic mass is 10.0. The van der Waals surface area contributed by atoms with Crippen LogP contribution in [0.25, 0.3) is 0 Å². The Labute approximate surface area is 83.5 Å². The Hall–Kier alpha value is -1.16. The molecule has 0 aliphatic carbocycles. The van der Waals surface area contributed by atoms with Crippen LogP contribution in [0.4, 0.5) is 0 Å². The first-order chi connectivity index (χ1) is 6.40. The first-order valence-electron chi connectivity index (χ1n) is 4.46. The van der Waals surface area contributed by atoms with E-state index in [1.807, 2.05) is 0 Å². The summed E-state index contributed by atoms with van der Waals surface area (Å²) in [6, 6.07) is 0. The average molecular weight is 197 g/mol. The van der Waals surface area contributed by atoms with E-state index in [2.05, 4.69) is 0 Å². The summed E-state index contributed by atoms with van der Waals surface area (Å²) in [4.78, 5) is 24.4. The Morgan fingerprint density at radius 1 is 1.43 bits per heavy atom. The summed E-state index contributed by atoms with van der Waals surface area (Å²) in [6.07, 6.45) is 1.36. The molecule has 0 fully saturated rings. The van der Waals surface area contributed by atoms with Crippen LogP contribution in [-0.2, 0) is 14.3 Å². The molecule has 0 aromatic carbocycles. The monoisotopic (exact) mass is 197 g/mol. The van der Waals surface area contributed by atoms with E-state index < -0.39 is 5.54 Å². The Balaban J connectivity index is 2.91. The molecule has 0 aromatic rings. The van der Waals surface area contributed by atoms with Crippen LogP contribution in [0.15, 0.2) is 11.6 Å². The van der Waals surface area contributed by atoms with Crippen molar-refractivity contribution in [3.8, 4) is 0 Å². The Morgan fingerprint density at radius 2 is 2.00 bits per heavy atom. The van der Waals surface area contributed by atoms with Crippen LogP contribution in [0, 0.1) is 0 Å². The molecule has 4 heteroatoms. The molecule has 1 aliphatic heterocycles. The smallest absolute Gasteiger partial charge is 0.257 e. The third kappa shape index (κ3) is 1.70. The Kier molecular flexibility index (Phi) is 2.76. The average Bonchev–Trinajstić information content (AvgIpc) is 2.26. The largest absolute Gasteiger partial charge is 0.382 e. The quantitative estimate of drug-likeness (QED) is 0.626. The van der Waals surface area contributed by atoms with Crippen molar-refractivity contribution >= 4 is 11.8 Å². The molecule has 0 saturated carbocycles. The zero-order chi connectivity index (χ0) is 10.9. The van der Waals surface area contributed by atoms with Crippen LogP contribution in [0.1, 0.15) is 20.8 Å². The molecule has 14 heavy (non-hydrogen) atoms. The first kappa shape index (κ1) is 10.9. The van der Waals surface area contributed by atoms with Crippen LogP contribution < -0.4 is 0 Å². The molecule has 1 rings (SSSR count). The van der Waals surface area contributed by atoms with Crippen molar-refractivity contribution in [3.05, 3.63) is 11.6 Å². The topological polar surface area (TPSA) is 46.6 Å². The number of rotatable bonds is 3. The number of ether oxygens (including phenoxy) is 1. The highest BCUT2D eigenvalue weighted by Crippen LogP contribution is 2.23. The third-order valence-electron chi connectivity index (χ3n) is 2.20. The minimum absolute atomic E-state index is 0.225.